The first-order valence-corrected chi connectivity index (χ1v) is 6.93. The number of nitrogens with zero attached hydrogens (tertiary/aromatic N) is 2. The summed E-state index contributed by atoms with van der Waals surface area (Å²) >= 11 is 0. The van der Waals surface area contributed by atoms with Crippen LogP contribution < -0.4 is 15.5 Å². The van der Waals surface area contributed by atoms with Gasteiger partial charge in [-0.15, -0.1) is 0 Å². The van der Waals surface area contributed by atoms with E-state index in [2.05, 4.69) is 18.9 Å². The molecule has 1 aromatic rings. The van der Waals surface area contributed by atoms with Gasteiger partial charge in [0.05, 0.1) is 17.4 Å². The maximum Gasteiger partial charge on any atom is 0.244 e. The molecule has 0 aromatic heterocycles. The van der Waals surface area contributed by atoms with E-state index in [0.29, 0.717) is 6.54 Å². The van der Waals surface area contributed by atoms with E-state index in [1.54, 1.807) is 0 Å². The highest BCUT2D eigenvalue weighted by molar-refractivity contribution is 6.00. The van der Waals surface area contributed by atoms with Crippen molar-refractivity contribution < 1.29 is 4.79 Å². The van der Waals surface area contributed by atoms with Crippen molar-refractivity contribution in [2.24, 2.45) is 11.7 Å². The lowest BCUT2D eigenvalue weighted by molar-refractivity contribution is -0.120. The molecule has 2 unspecified atom stereocenters. The summed E-state index contributed by atoms with van der Waals surface area (Å²) in [4.78, 5) is 16.6. The van der Waals surface area contributed by atoms with Crippen molar-refractivity contribution in [3.05, 3.63) is 24.3 Å². The smallest absolute Gasteiger partial charge is 0.244 e. The minimum Gasteiger partial charge on any atom is -0.371 e. The molecular formula is C15H23N3O. The van der Waals surface area contributed by atoms with E-state index >= 15 is 0 Å². The van der Waals surface area contributed by atoms with Crippen LogP contribution in [0.25, 0.3) is 0 Å². The maximum absolute atomic E-state index is 12.6. The number of para-hydroxylation sites is 2. The van der Waals surface area contributed by atoms with Crippen molar-refractivity contribution in [3.8, 4) is 0 Å². The highest BCUT2D eigenvalue weighted by atomic mass is 16.2. The Morgan fingerprint density at radius 3 is 2.58 bits per heavy atom. The number of rotatable bonds is 3. The quantitative estimate of drug-likeness (QED) is 0.903. The normalized spacial score (nSPS) is 17.9. The van der Waals surface area contributed by atoms with Gasteiger partial charge in [0, 0.05) is 20.1 Å². The molecule has 1 amide bonds. The van der Waals surface area contributed by atoms with Crippen LogP contribution in [0.1, 0.15) is 20.3 Å². The van der Waals surface area contributed by atoms with Crippen molar-refractivity contribution >= 4 is 17.3 Å². The SMILES string of the molecule is CCC(C)C(N)C(=O)N1CCN(C)c2ccccc21. The van der Waals surface area contributed by atoms with Crippen LogP contribution in [0.5, 0.6) is 0 Å². The second-order valence-corrected chi connectivity index (χ2v) is 5.31. The largest absolute Gasteiger partial charge is 0.371 e. The predicted octanol–water partition coefficient (Wildman–Crippen LogP) is 1.84. The van der Waals surface area contributed by atoms with Crippen molar-refractivity contribution in [1.82, 2.24) is 0 Å². The molecule has 4 nitrogen and oxygen atoms in total. The van der Waals surface area contributed by atoms with E-state index in [4.69, 9.17) is 5.73 Å². The molecule has 0 bridgehead atoms. The fourth-order valence-corrected chi connectivity index (χ4v) is 2.41. The Labute approximate surface area is 115 Å². The molecule has 104 valence electrons. The van der Waals surface area contributed by atoms with Gasteiger partial charge in [0.25, 0.3) is 0 Å². The molecule has 0 saturated heterocycles. The predicted molar refractivity (Wildman–Crippen MR) is 79.5 cm³/mol. The first-order valence-electron chi connectivity index (χ1n) is 6.93. The molecule has 0 spiro atoms. The molecule has 0 radical (unpaired) electrons. The number of carbonyl (C=O) groups excluding carboxylic acids is 1. The maximum atomic E-state index is 12.6. The summed E-state index contributed by atoms with van der Waals surface area (Å²) in [7, 11) is 2.05. The third kappa shape index (κ3) is 2.59. The van der Waals surface area contributed by atoms with Gasteiger partial charge in [0.15, 0.2) is 0 Å². The van der Waals surface area contributed by atoms with E-state index < -0.39 is 6.04 Å². The molecule has 0 saturated carbocycles. The van der Waals surface area contributed by atoms with Crippen LogP contribution in [-0.2, 0) is 4.79 Å². The topological polar surface area (TPSA) is 49.6 Å². The minimum absolute atomic E-state index is 0.0369. The molecule has 1 aliphatic heterocycles. The molecule has 19 heavy (non-hydrogen) atoms. The number of nitrogens with two attached hydrogens (primary N) is 1. The minimum atomic E-state index is -0.415. The molecule has 1 aromatic carbocycles. The summed E-state index contributed by atoms with van der Waals surface area (Å²) < 4.78 is 0. The summed E-state index contributed by atoms with van der Waals surface area (Å²) in [5.74, 6) is 0.245. The molecule has 1 aliphatic rings. The number of fused-ring (bicyclic) bond motifs is 1. The number of likely N-dealkylation sites (N-methyl/N-ethyl adjacent to an activating group) is 1. The van der Waals surface area contributed by atoms with Crippen LogP contribution in [0.2, 0.25) is 0 Å². The standard InChI is InChI=1S/C15H23N3O/c1-4-11(2)14(16)15(19)18-10-9-17(3)12-7-5-6-8-13(12)18/h5-8,11,14H,4,9-10,16H2,1-3H3. The van der Waals surface area contributed by atoms with Gasteiger partial charge in [-0.3, -0.25) is 4.79 Å². The number of benzene rings is 1. The second kappa shape index (κ2) is 5.61. The molecule has 2 atom stereocenters. The lowest BCUT2D eigenvalue weighted by Crippen LogP contribution is -2.51. The number of anilines is 2. The van der Waals surface area contributed by atoms with Crippen LogP contribution >= 0.6 is 0 Å². The van der Waals surface area contributed by atoms with Crippen molar-refractivity contribution in [3.63, 3.8) is 0 Å². The van der Waals surface area contributed by atoms with E-state index in [-0.39, 0.29) is 11.8 Å². The van der Waals surface area contributed by atoms with Crippen molar-refractivity contribution in [1.29, 1.82) is 0 Å². The van der Waals surface area contributed by atoms with Crippen LogP contribution in [0.3, 0.4) is 0 Å². The highest BCUT2D eigenvalue weighted by Gasteiger charge is 2.30. The Morgan fingerprint density at radius 1 is 1.32 bits per heavy atom. The van der Waals surface area contributed by atoms with Gasteiger partial charge in [0.2, 0.25) is 5.91 Å². The zero-order valence-corrected chi connectivity index (χ0v) is 12.0. The monoisotopic (exact) mass is 261 g/mol. The molecule has 4 heteroatoms. The van der Waals surface area contributed by atoms with Gasteiger partial charge in [-0.05, 0) is 18.1 Å². The summed E-state index contributed by atoms with van der Waals surface area (Å²) in [6.07, 6.45) is 0.919. The number of amides is 1. The Hall–Kier alpha value is -1.55. The summed E-state index contributed by atoms with van der Waals surface area (Å²) in [5.41, 5.74) is 8.16. The lowest BCUT2D eigenvalue weighted by atomic mass is 9.98. The summed E-state index contributed by atoms with van der Waals surface area (Å²) in [5, 5.41) is 0. The summed E-state index contributed by atoms with van der Waals surface area (Å²) in [6.45, 7) is 5.65. The zero-order valence-electron chi connectivity index (χ0n) is 12.0. The number of carbonyl (C=O) groups is 1. The third-order valence-corrected chi connectivity index (χ3v) is 4.05. The van der Waals surface area contributed by atoms with Gasteiger partial charge in [-0.2, -0.15) is 0 Å². The Bertz CT molecular complexity index is 460. The average Bonchev–Trinajstić information content (AvgIpc) is 2.45. The number of hydrogen-bond donors (Lipinski definition) is 1. The molecular weight excluding hydrogens is 238 g/mol. The van der Waals surface area contributed by atoms with Gasteiger partial charge in [-0.1, -0.05) is 32.4 Å². The van der Waals surface area contributed by atoms with Gasteiger partial charge in [0.1, 0.15) is 0 Å². The average molecular weight is 261 g/mol. The first kappa shape index (κ1) is 13.9. The Balaban J connectivity index is 2.27. The fourth-order valence-electron chi connectivity index (χ4n) is 2.41. The highest BCUT2D eigenvalue weighted by Crippen LogP contribution is 2.32. The lowest BCUT2D eigenvalue weighted by Gasteiger charge is -2.37. The molecule has 0 fully saturated rings. The molecule has 2 N–H and O–H groups in total. The Morgan fingerprint density at radius 2 is 1.95 bits per heavy atom. The van der Waals surface area contributed by atoms with E-state index in [1.165, 1.54) is 0 Å². The van der Waals surface area contributed by atoms with Crippen LogP contribution in [0.15, 0.2) is 24.3 Å². The van der Waals surface area contributed by atoms with E-state index in [1.807, 2.05) is 36.1 Å². The number of hydrogen-bond acceptors (Lipinski definition) is 3. The van der Waals surface area contributed by atoms with Crippen molar-refractivity contribution in [2.75, 3.05) is 29.9 Å². The zero-order chi connectivity index (χ0) is 14.0. The van der Waals surface area contributed by atoms with E-state index in [0.717, 1.165) is 24.3 Å². The molecule has 1 heterocycles. The van der Waals surface area contributed by atoms with Crippen molar-refractivity contribution in [2.45, 2.75) is 26.3 Å². The second-order valence-electron chi connectivity index (χ2n) is 5.31. The van der Waals surface area contributed by atoms with Crippen LogP contribution in [0, 0.1) is 5.92 Å². The third-order valence-electron chi connectivity index (χ3n) is 4.05. The van der Waals surface area contributed by atoms with Gasteiger partial charge >= 0.3 is 0 Å². The van der Waals surface area contributed by atoms with E-state index in [9.17, 15) is 4.79 Å². The van der Waals surface area contributed by atoms with Crippen LogP contribution in [0.4, 0.5) is 11.4 Å². The fraction of sp³-hybridized carbons (Fsp3) is 0.533. The van der Waals surface area contributed by atoms with Gasteiger partial charge < -0.3 is 15.5 Å². The molecule has 2 rings (SSSR count). The first-order chi connectivity index (χ1) is 9.06. The Kier molecular flexibility index (Phi) is 4.10. The molecule has 0 aliphatic carbocycles. The summed E-state index contributed by atoms with van der Waals surface area (Å²) in [6, 6.07) is 7.59. The van der Waals surface area contributed by atoms with Crippen LogP contribution in [-0.4, -0.2) is 32.1 Å². The van der Waals surface area contributed by atoms with Gasteiger partial charge in [-0.25, -0.2) is 0 Å².